The SMILES string of the molecule is C=CCN1C(=O)/C(=C\c2cccs2)SC1=Nc1cccc(C(=O)O)c1. The van der Waals surface area contributed by atoms with Gasteiger partial charge >= 0.3 is 5.97 Å². The molecule has 0 unspecified atom stereocenters. The van der Waals surface area contributed by atoms with Crippen molar-refractivity contribution in [1.29, 1.82) is 0 Å². The predicted octanol–water partition coefficient (Wildman–Crippen LogP) is 4.24. The summed E-state index contributed by atoms with van der Waals surface area (Å²) in [5.74, 6) is -1.15. The number of thioether (sulfide) groups is 1. The van der Waals surface area contributed by atoms with Gasteiger partial charge in [-0.05, 0) is 47.5 Å². The van der Waals surface area contributed by atoms with Gasteiger partial charge in [-0.1, -0.05) is 18.2 Å². The molecule has 1 saturated heterocycles. The lowest BCUT2D eigenvalue weighted by Crippen LogP contribution is -2.29. The fourth-order valence-electron chi connectivity index (χ4n) is 2.20. The zero-order chi connectivity index (χ0) is 17.8. The smallest absolute Gasteiger partial charge is 0.335 e. The standard InChI is InChI=1S/C18H14N2O3S2/c1-2-8-20-16(21)15(11-14-7-4-9-24-14)25-18(20)19-13-6-3-5-12(10-13)17(22)23/h2-7,9-11H,1,8H2,(H,22,23)/b15-11+,19-18?. The van der Waals surface area contributed by atoms with Crippen LogP contribution in [-0.4, -0.2) is 33.6 Å². The average molecular weight is 370 g/mol. The van der Waals surface area contributed by atoms with E-state index in [0.29, 0.717) is 22.3 Å². The Bertz CT molecular complexity index is 885. The first-order chi connectivity index (χ1) is 12.1. The number of aliphatic imine (C=N–C) groups is 1. The van der Waals surface area contributed by atoms with Crippen molar-refractivity contribution in [3.8, 4) is 0 Å². The first kappa shape index (κ1) is 17.2. The van der Waals surface area contributed by atoms with Crippen LogP contribution in [0.5, 0.6) is 0 Å². The zero-order valence-electron chi connectivity index (χ0n) is 13.1. The Morgan fingerprint density at radius 3 is 2.84 bits per heavy atom. The number of carbonyl (C=O) groups excluding carboxylic acids is 1. The number of aromatic carboxylic acids is 1. The molecule has 2 heterocycles. The van der Waals surface area contributed by atoms with Crippen molar-refractivity contribution in [3.63, 3.8) is 0 Å². The first-order valence-electron chi connectivity index (χ1n) is 7.36. The van der Waals surface area contributed by atoms with Crippen LogP contribution in [0, 0.1) is 0 Å². The lowest BCUT2D eigenvalue weighted by Gasteiger charge is -2.12. The molecule has 1 fully saturated rings. The van der Waals surface area contributed by atoms with Crippen LogP contribution < -0.4 is 0 Å². The molecule has 3 rings (SSSR count). The Hall–Kier alpha value is -2.64. The van der Waals surface area contributed by atoms with E-state index in [2.05, 4.69) is 11.6 Å². The van der Waals surface area contributed by atoms with Crippen LogP contribution in [0.15, 0.2) is 64.3 Å². The number of carboxylic acids is 1. The molecule has 0 saturated carbocycles. The summed E-state index contributed by atoms with van der Waals surface area (Å²) in [6, 6.07) is 10.2. The summed E-state index contributed by atoms with van der Waals surface area (Å²) in [4.78, 5) is 31.3. The van der Waals surface area contributed by atoms with E-state index in [-0.39, 0.29) is 11.5 Å². The third-order valence-electron chi connectivity index (χ3n) is 3.33. The molecule has 7 heteroatoms. The highest BCUT2D eigenvalue weighted by atomic mass is 32.2. The van der Waals surface area contributed by atoms with Crippen molar-refractivity contribution in [1.82, 2.24) is 4.90 Å². The second kappa shape index (κ2) is 7.50. The molecule has 1 aromatic carbocycles. The second-order valence-corrected chi connectivity index (χ2v) is 7.07. The third kappa shape index (κ3) is 3.89. The molecule has 2 aromatic rings. The van der Waals surface area contributed by atoms with E-state index in [0.717, 1.165) is 4.88 Å². The normalized spacial score (nSPS) is 17.4. The molecular weight excluding hydrogens is 356 g/mol. The van der Waals surface area contributed by atoms with Crippen molar-refractivity contribution < 1.29 is 14.7 Å². The van der Waals surface area contributed by atoms with E-state index >= 15 is 0 Å². The molecule has 1 N–H and O–H groups in total. The van der Waals surface area contributed by atoms with E-state index in [4.69, 9.17) is 5.11 Å². The molecule has 1 aromatic heterocycles. The largest absolute Gasteiger partial charge is 0.478 e. The number of benzene rings is 1. The van der Waals surface area contributed by atoms with Gasteiger partial charge in [-0.3, -0.25) is 9.69 Å². The van der Waals surface area contributed by atoms with Gasteiger partial charge in [0.2, 0.25) is 0 Å². The number of nitrogens with zero attached hydrogens (tertiary/aromatic N) is 2. The van der Waals surface area contributed by atoms with E-state index in [1.165, 1.54) is 28.8 Å². The molecule has 1 aliphatic rings. The minimum Gasteiger partial charge on any atom is -0.478 e. The van der Waals surface area contributed by atoms with Crippen LogP contribution >= 0.6 is 23.1 Å². The van der Waals surface area contributed by atoms with Gasteiger partial charge in [0.1, 0.15) is 0 Å². The van der Waals surface area contributed by atoms with Crippen LogP contribution in [0.25, 0.3) is 6.08 Å². The van der Waals surface area contributed by atoms with Crippen molar-refractivity contribution in [2.75, 3.05) is 6.54 Å². The summed E-state index contributed by atoms with van der Waals surface area (Å²) < 4.78 is 0. The van der Waals surface area contributed by atoms with Crippen LogP contribution in [-0.2, 0) is 4.79 Å². The molecular formula is C18H14N2O3S2. The highest BCUT2D eigenvalue weighted by Crippen LogP contribution is 2.34. The number of amidine groups is 1. The van der Waals surface area contributed by atoms with Crippen molar-refractivity contribution >= 4 is 51.9 Å². The monoisotopic (exact) mass is 370 g/mol. The topological polar surface area (TPSA) is 70.0 Å². The highest BCUT2D eigenvalue weighted by Gasteiger charge is 2.32. The lowest BCUT2D eigenvalue weighted by molar-refractivity contribution is -0.121. The Labute approximate surface area is 153 Å². The maximum Gasteiger partial charge on any atom is 0.335 e. The minimum atomic E-state index is -1.02. The number of hydrogen-bond donors (Lipinski definition) is 1. The van der Waals surface area contributed by atoms with Gasteiger partial charge in [0, 0.05) is 11.4 Å². The number of rotatable bonds is 5. The van der Waals surface area contributed by atoms with E-state index in [9.17, 15) is 9.59 Å². The molecule has 0 atom stereocenters. The molecule has 0 spiro atoms. The molecule has 126 valence electrons. The molecule has 0 aliphatic carbocycles. The molecule has 0 bridgehead atoms. The minimum absolute atomic E-state index is 0.133. The van der Waals surface area contributed by atoms with E-state index < -0.39 is 5.97 Å². The molecule has 1 amide bonds. The first-order valence-corrected chi connectivity index (χ1v) is 9.06. The maximum atomic E-state index is 12.6. The van der Waals surface area contributed by atoms with Gasteiger partial charge in [-0.25, -0.2) is 9.79 Å². The van der Waals surface area contributed by atoms with E-state index in [1.807, 2.05) is 23.6 Å². The van der Waals surface area contributed by atoms with Gasteiger partial charge in [-0.15, -0.1) is 17.9 Å². The summed E-state index contributed by atoms with van der Waals surface area (Å²) in [5.41, 5.74) is 0.641. The molecule has 5 nitrogen and oxygen atoms in total. The van der Waals surface area contributed by atoms with Gasteiger partial charge < -0.3 is 5.11 Å². The van der Waals surface area contributed by atoms with Crippen LogP contribution in [0.4, 0.5) is 5.69 Å². The van der Waals surface area contributed by atoms with Gasteiger partial charge in [0.05, 0.1) is 16.2 Å². The third-order valence-corrected chi connectivity index (χ3v) is 5.16. The van der Waals surface area contributed by atoms with Gasteiger partial charge in [0.25, 0.3) is 5.91 Å². The van der Waals surface area contributed by atoms with Crippen LogP contribution in [0.2, 0.25) is 0 Å². The molecule has 1 aliphatic heterocycles. The Balaban J connectivity index is 1.96. The maximum absolute atomic E-state index is 12.6. The van der Waals surface area contributed by atoms with Crippen molar-refractivity contribution in [3.05, 3.63) is 69.8 Å². The Kier molecular flexibility index (Phi) is 5.16. The second-order valence-electron chi connectivity index (χ2n) is 5.08. The summed E-state index contributed by atoms with van der Waals surface area (Å²) in [7, 11) is 0. The Morgan fingerprint density at radius 2 is 2.16 bits per heavy atom. The quantitative estimate of drug-likeness (QED) is 0.631. The molecule has 0 radical (unpaired) electrons. The van der Waals surface area contributed by atoms with Gasteiger partial charge in [0.15, 0.2) is 5.17 Å². The summed E-state index contributed by atoms with van der Waals surface area (Å²) in [6.45, 7) is 4.02. The summed E-state index contributed by atoms with van der Waals surface area (Å²) >= 11 is 2.82. The Morgan fingerprint density at radius 1 is 1.32 bits per heavy atom. The number of thiophene rings is 1. The summed E-state index contributed by atoms with van der Waals surface area (Å²) in [6.07, 6.45) is 3.47. The average Bonchev–Trinajstić information content (AvgIpc) is 3.20. The number of carboxylic acid groups (broad SMARTS) is 1. The fraction of sp³-hybridized carbons (Fsp3) is 0.0556. The van der Waals surface area contributed by atoms with Crippen molar-refractivity contribution in [2.24, 2.45) is 4.99 Å². The summed E-state index contributed by atoms with van der Waals surface area (Å²) in [5, 5.41) is 11.6. The number of amides is 1. The zero-order valence-corrected chi connectivity index (χ0v) is 14.7. The lowest BCUT2D eigenvalue weighted by atomic mass is 10.2. The number of carbonyl (C=O) groups is 2. The van der Waals surface area contributed by atoms with Crippen LogP contribution in [0.3, 0.4) is 0 Å². The highest BCUT2D eigenvalue weighted by molar-refractivity contribution is 8.18. The van der Waals surface area contributed by atoms with Gasteiger partial charge in [-0.2, -0.15) is 0 Å². The van der Waals surface area contributed by atoms with Crippen molar-refractivity contribution in [2.45, 2.75) is 0 Å². The molecule has 25 heavy (non-hydrogen) atoms. The van der Waals surface area contributed by atoms with E-state index in [1.54, 1.807) is 29.5 Å². The predicted molar refractivity (Wildman–Crippen MR) is 102 cm³/mol. The number of hydrogen-bond acceptors (Lipinski definition) is 5. The van der Waals surface area contributed by atoms with Crippen LogP contribution in [0.1, 0.15) is 15.2 Å². The fourth-order valence-corrected chi connectivity index (χ4v) is 3.93.